The highest BCUT2D eigenvalue weighted by Crippen LogP contribution is 2.27. The second-order valence-corrected chi connectivity index (χ2v) is 5.79. The number of anilines is 2. The number of fused-ring (bicyclic) bond motifs is 1. The van der Waals surface area contributed by atoms with Crippen molar-refractivity contribution < 1.29 is 5.11 Å². The van der Waals surface area contributed by atoms with Crippen LogP contribution in [0.2, 0.25) is 5.15 Å². The van der Waals surface area contributed by atoms with Crippen molar-refractivity contribution in [3.8, 4) is 0 Å². The first kappa shape index (κ1) is 15.7. The molecule has 0 radical (unpaired) electrons. The third kappa shape index (κ3) is 3.71. The molecule has 6 nitrogen and oxygen atoms in total. The minimum Gasteiger partial charge on any atom is -0.394 e. The van der Waals surface area contributed by atoms with Crippen LogP contribution in [-0.4, -0.2) is 32.2 Å². The van der Waals surface area contributed by atoms with Crippen molar-refractivity contribution in [1.29, 1.82) is 0 Å². The summed E-state index contributed by atoms with van der Waals surface area (Å²) in [5.41, 5.74) is 5.90. The van der Waals surface area contributed by atoms with Gasteiger partial charge in [-0.25, -0.2) is 9.97 Å². The lowest BCUT2D eigenvalue weighted by Crippen LogP contribution is -2.39. The van der Waals surface area contributed by atoms with Crippen molar-refractivity contribution in [2.75, 3.05) is 17.7 Å². The molecule has 0 saturated heterocycles. The van der Waals surface area contributed by atoms with Gasteiger partial charge < -0.3 is 16.2 Å². The summed E-state index contributed by atoms with van der Waals surface area (Å²) in [6.45, 7) is 4.07. The number of nitrogen functional groups attached to an aromatic ring is 1. The van der Waals surface area contributed by atoms with Crippen LogP contribution in [0.1, 0.15) is 33.1 Å². The Hall–Kier alpha value is -1.66. The van der Waals surface area contributed by atoms with Crippen LogP contribution in [0, 0.1) is 0 Å². The van der Waals surface area contributed by atoms with Gasteiger partial charge in [0.1, 0.15) is 11.0 Å². The molecule has 0 saturated carbocycles. The fraction of sp³-hybridized carbons (Fsp3) is 0.500. The zero-order valence-electron chi connectivity index (χ0n) is 12.2. The quantitative estimate of drug-likeness (QED) is 0.710. The Morgan fingerprint density at radius 1 is 1.43 bits per heavy atom. The van der Waals surface area contributed by atoms with Crippen LogP contribution < -0.4 is 11.1 Å². The molecule has 114 valence electrons. The van der Waals surface area contributed by atoms with E-state index in [9.17, 15) is 5.11 Å². The van der Waals surface area contributed by atoms with Crippen molar-refractivity contribution in [1.82, 2.24) is 15.0 Å². The summed E-state index contributed by atoms with van der Waals surface area (Å²) in [6, 6.07) is 1.64. The van der Waals surface area contributed by atoms with Gasteiger partial charge in [-0.3, -0.25) is 0 Å². The summed E-state index contributed by atoms with van der Waals surface area (Å²) in [5.74, 6) is 0.720. The molecular weight excluding hydrogens is 290 g/mol. The molecule has 4 N–H and O–H groups in total. The van der Waals surface area contributed by atoms with Crippen LogP contribution >= 0.6 is 11.6 Å². The van der Waals surface area contributed by atoms with E-state index in [1.54, 1.807) is 12.3 Å². The van der Waals surface area contributed by atoms with E-state index in [0.29, 0.717) is 16.5 Å². The van der Waals surface area contributed by atoms with E-state index in [1.807, 2.05) is 6.92 Å². The third-order valence-corrected chi connectivity index (χ3v) is 3.62. The Morgan fingerprint density at radius 2 is 2.19 bits per heavy atom. The van der Waals surface area contributed by atoms with Crippen molar-refractivity contribution in [2.24, 2.45) is 0 Å². The minimum absolute atomic E-state index is 0.000576. The fourth-order valence-electron chi connectivity index (χ4n) is 2.15. The molecule has 21 heavy (non-hydrogen) atoms. The summed E-state index contributed by atoms with van der Waals surface area (Å²) < 4.78 is 0. The molecule has 0 aliphatic rings. The first-order valence-corrected chi connectivity index (χ1v) is 7.33. The largest absolute Gasteiger partial charge is 0.394 e. The SMILES string of the molecule is CCCCC(C)(CO)Nc1nc(N)nc2cc(Cl)ncc12. The van der Waals surface area contributed by atoms with Crippen molar-refractivity contribution in [3.63, 3.8) is 0 Å². The summed E-state index contributed by atoms with van der Waals surface area (Å²) in [7, 11) is 0. The minimum atomic E-state index is -0.469. The Kier molecular flexibility index (Phi) is 4.80. The van der Waals surface area contributed by atoms with Gasteiger partial charge in [0.15, 0.2) is 0 Å². The average molecular weight is 310 g/mol. The molecule has 2 rings (SSSR count). The maximum Gasteiger partial charge on any atom is 0.222 e. The Labute approximate surface area is 128 Å². The molecule has 1 unspecified atom stereocenters. The molecule has 2 heterocycles. The zero-order valence-corrected chi connectivity index (χ0v) is 13.0. The highest BCUT2D eigenvalue weighted by Gasteiger charge is 2.24. The highest BCUT2D eigenvalue weighted by molar-refractivity contribution is 6.30. The lowest BCUT2D eigenvalue weighted by Gasteiger charge is -2.29. The van der Waals surface area contributed by atoms with E-state index in [0.717, 1.165) is 24.6 Å². The standard InChI is InChI=1S/C14H20ClN5O/c1-3-4-5-14(2,8-21)20-12-9-7-17-11(15)6-10(9)18-13(16)19-12/h6-7,21H,3-5,8H2,1-2H3,(H3,16,18,19,20). The molecule has 0 aliphatic heterocycles. The van der Waals surface area contributed by atoms with Gasteiger partial charge in [0.05, 0.1) is 23.0 Å². The second kappa shape index (κ2) is 6.41. The topological polar surface area (TPSA) is 97.0 Å². The van der Waals surface area contributed by atoms with E-state index < -0.39 is 5.54 Å². The van der Waals surface area contributed by atoms with Crippen LogP contribution in [0.15, 0.2) is 12.3 Å². The molecule has 0 amide bonds. The van der Waals surface area contributed by atoms with Gasteiger partial charge in [0.25, 0.3) is 0 Å². The number of unbranched alkanes of at least 4 members (excludes halogenated alkanes) is 1. The maximum atomic E-state index is 9.68. The van der Waals surface area contributed by atoms with E-state index in [1.165, 1.54) is 0 Å². The predicted molar refractivity (Wildman–Crippen MR) is 85.4 cm³/mol. The Morgan fingerprint density at radius 3 is 2.86 bits per heavy atom. The number of aliphatic hydroxyl groups is 1. The average Bonchev–Trinajstić information content (AvgIpc) is 2.44. The number of aliphatic hydroxyl groups excluding tert-OH is 1. The monoisotopic (exact) mass is 309 g/mol. The summed E-state index contributed by atoms with van der Waals surface area (Å²) >= 11 is 5.88. The normalized spacial score (nSPS) is 14.1. The van der Waals surface area contributed by atoms with Gasteiger partial charge >= 0.3 is 0 Å². The molecular formula is C14H20ClN5O. The fourth-order valence-corrected chi connectivity index (χ4v) is 2.30. The summed E-state index contributed by atoms with van der Waals surface area (Å²) in [6.07, 6.45) is 4.50. The van der Waals surface area contributed by atoms with Crippen LogP contribution in [0.5, 0.6) is 0 Å². The second-order valence-electron chi connectivity index (χ2n) is 5.40. The van der Waals surface area contributed by atoms with E-state index in [4.69, 9.17) is 17.3 Å². The van der Waals surface area contributed by atoms with Gasteiger partial charge in [0, 0.05) is 12.3 Å². The van der Waals surface area contributed by atoms with Gasteiger partial charge in [-0.1, -0.05) is 31.4 Å². The number of pyridine rings is 1. The lowest BCUT2D eigenvalue weighted by molar-refractivity contribution is 0.212. The van der Waals surface area contributed by atoms with Gasteiger partial charge in [-0.15, -0.1) is 0 Å². The first-order chi connectivity index (χ1) is 9.97. The Balaban J connectivity index is 2.41. The van der Waals surface area contributed by atoms with Crippen molar-refractivity contribution >= 4 is 34.3 Å². The maximum absolute atomic E-state index is 9.68. The first-order valence-electron chi connectivity index (χ1n) is 6.95. The predicted octanol–water partition coefficient (Wildman–Crippen LogP) is 2.61. The number of halogens is 1. The van der Waals surface area contributed by atoms with Gasteiger partial charge in [0.2, 0.25) is 5.95 Å². The molecule has 7 heteroatoms. The van der Waals surface area contributed by atoms with Gasteiger partial charge in [-0.2, -0.15) is 4.98 Å². The molecule has 0 aliphatic carbocycles. The van der Waals surface area contributed by atoms with Crippen molar-refractivity contribution in [3.05, 3.63) is 17.4 Å². The number of rotatable bonds is 6. The smallest absolute Gasteiger partial charge is 0.222 e. The van der Waals surface area contributed by atoms with Crippen LogP contribution in [0.25, 0.3) is 10.9 Å². The van der Waals surface area contributed by atoms with Crippen LogP contribution in [0.4, 0.5) is 11.8 Å². The van der Waals surface area contributed by atoms with E-state index in [-0.39, 0.29) is 12.6 Å². The Bertz CT molecular complexity index is 631. The summed E-state index contributed by atoms with van der Waals surface area (Å²) in [4.78, 5) is 12.4. The zero-order chi connectivity index (χ0) is 15.5. The number of hydrogen-bond acceptors (Lipinski definition) is 6. The molecule has 1 atom stereocenters. The van der Waals surface area contributed by atoms with Gasteiger partial charge in [-0.05, 0) is 13.3 Å². The number of aromatic nitrogens is 3. The van der Waals surface area contributed by atoms with E-state index >= 15 is 0 Å². The number of hydrogen-bond donors (Lipinski definition) is 3. The van der Waals surface area contributed by atoms with Crippen molar-refractivity contribution in [2.45, 2.75) is 38.6 Å². The van der Waals surface area contributed by atoms with E-state index in [2.05, 4.69) is 27.2 Å². The molecule has 2 aromatic heterocycles. The highest BCUT2D eigenvalue weighted by atomic mass is 35.5. The van der Waals surface area contributed by atoms with Crippen LogP contribution in [-0.2, 0) is 0 Å². The molecule has 2 aromatic rings. The summed E-state index contributed by atoms with van der Waals surface area (Å²) in [5, 5.41) is 14.0. The molecule has 0 aromatic carbocycles. The number of nitrogens with zero attached hydrogens (tertiary/aromatic N) is 3. The number of nitrogens with one attached hydrogen (secondary N) is 1. The number of nitrogens with two attached hydrogens (primary N) is 1. The lowest BCUT2D eigenvalue weighted by atomic mass is 9.96. The third-order valence-electron chi connectivity index (χ3n) is 3.42. The molecule has 0 fully saturated rings. The molecule has 0 bridgehead atoms. The molecule has 0 spiro atoms. The van der Waals surface area contributed by atoms with Crippen LogP contribution in [0.3, 0.4) is 0 Å².